The summed E-state index contributed by atoms with van der Waals surface area (Å²) in [5.74, 6) is -0.639. The van der Waals surface area contributed by atoms with E-state index in [1.54, 1.807) is 36.4 Å². The maximum absolute atomic E-state index is 10.7. The largest absolute Gasteiger partial charge is 0.508 e. The number of phenols is 1. The molecule has 0 spiro atoms. The molecule has 2 rings (SSSR count). The van der Waals surface area contributed by atoms with Crippen molar-refractivity contribution in [1.29, 1.82) is 0 Å². The highest BCUT2D eigenvalue weighted by Gasteiger charge is 2.02. The van der Waals surface area contributed by atoms with Crippen LogP contribution >= 0.6 is 0 Å². The lowest BCUT2D eigenvalue weighted by molar-refractivity contribution is 0.0697. The zero-order chi connectivity index (χ0) is 14.5. The molecule has 0 radical (unpaired) electrons. The van der Waals surface area contributed by atoms with Crippen LogP contribution in [-0.4, -0.2) is 16.2 Å². The van der Waals surface area contributed by atoms with E-state index in [1.807, 2.05) is 13.0 Å². The number of carboxylic acid groups (broad SMARTS) is 1. The van der Waals surface area contributed by atoms with Gasteiger partial charge >= 0.3 is 5.97 Å². The Kier molecular flexibility index (Phi) is 4.38. The zero-order valence-corrected chi connectivity index (χ0v) is 11.3. The van der Waals surface area contributed by atoms with Gasteiger partial charge in [0.25, 0.3) is 0 Å². The van der Waals surface area contributed by atoms with Crippen molar-refractivity contribution in [2.75, 3.05) is 0 Å². The molecule has 0 unspecified atom stereocenters. The van der Waals surface area contributed by atoms with Crippen molar-refractivity contribution in [2.45, 2.75) is 20.0 Å². The topological polar surface area (TPSA) is 69.6 Å². The summed E-state index contributed by atoms with van der Waals surface area (Å²) in [6, 6.07) is 12.1. The van der Waals surface area contributed by atoms with E-state index in [-0.39, 0.29) is 5.75 Å². The fraction of sp³-hybridized carbons (Fsp3) is 0.188. The summed E-state index contributed by atoms with van der Waals surface area (Å²) in [5, 5.41) is 21.5. The van der Waals surface area contributed by atoms with Crippen LogP contribution in [0.4, 0.5) is 0 Å². The smallest absolute Gasteiger partial charge is 0.335 e. The number of carboxylic acids is 1. The molecule has 104 valence electrons. The molecule has 4 nitrogen and oxygen atoms in total. The van der Waals surface area contributed by atoms with E-state index >= 15 is 0 Å². The first-order chi connectivity index (χ1) is 9.56. The van der Waals surface area contributed by atoms with E-state index in [0.717, 1.165) is 16.7 Å². The molecule has 0 saturated carbocycles. The monoisotopic (exact) mass is 271 g/mol. The van der Waals surface area contributed by atoms with E-state index in [0.29, 0.717) is 18.7 Å². The average Bonchev–Trinajstić information content (AvgIpc) is 2.42. The predicted octanol–water partition coefficient (Wildman–Crippen LogP) is 2.69. The molecule has 0 atom stereocenters. The van der Waals surface area contributed by atoms with Crippen LogP contribution in [0.25, 0.3) is 0 Å². The highest BCUT2D eigenvalue weighted by molar-refractivity contribution is 5.87. The van der Waals surface area contributed by atoms with Gasteiger partial charge in [-0.25, -0.2) is 4.79 Å². The number of benzene rings is 2. The summed E-state index contributed by atoms with van der Waals surface area (Å²) < 4.78 is 0. The second-order valence-electron chi connectivity index (χ2n) is 4.72. The van der Waals surface area contributed by atoms with Gasteiger partial charge in [0, 0.05) is 13.1 Å². The zero-order valence-electron chi connectivity index (χ0n) is 11.3. The molecule has 0 fully saturated rings. The van der Waals surface area contributed by atoms with E-state index in [4.69, 9.17) is 5.11 Å². The number of carbonyl (C=O) groups is 1. The Hall–Kier alpha value is -2.33. The second kappa shape index (κ2) is 6.21. The third-order valence-electron chi connectivity index (χ3n) is 3.17. The Morgan fingerprint density at radius 2 is 1.80 bits per heavy atom. The van der Waals surface area contributed by atoms with Gasteiger partial charge in [0.15, 0.2) is 0 Å². The lowest BCUT2D eigenvalue weighted by atomic mass is 10.1. The van der Waals surface area contributed by atoms with Gasteiger partial charge in [0.05, 0.1) is 5.56 Å². The van der Waals surface area contributed by atoms with Gasteiger partial charge in [-0.1, -0.05) is 18.2 Å². The first-order valence-corrected chi connectivity index (χ1v) is 6.37. The van der Waals surface area contributed by atoms with Crippen molar-refractivity contribution in [3.05, 3.63) is 64.7 Å². The van der Waals surface area contributed by atoms with Gasteiger partial charge in [0.1, 0.15) is 5.75 Å². The summed E-state index contributed by atoms with van der Waals surface area (Å²) in [4.78, 5) is 10.7. The van der Waals surface area contributed by atoms with Crippen molar-refractivity contribution in [3.63, 3.8) is 0 Å². The van der Waals surface area contributed by atoms with E-state index in [1.165, 1.54) is 0 Å². The highest BCUT2D eigenvalue weighted by atomic mass is 16.4. The number of hydrogen-bond donors (Lipinski definition) is 3. The van der Waals surface area contributed by atoms with Crippen LogP contribution in [0.3, 0.4) is 0 Å². The fourth-order valence-corrected chi connectivity index (χ4v) is 1.99. The predicted molar refractivity (Wildman–Crippen MR) is 76.8 cm³/mol. The molecular formula is C16H17NO3. The SMILES string of the molecule is Cc1cc(O)ccc1CNCc1ccc(C(=O)O)cc1. The molecule has 0 aromatic heterocycles. The minimum atomic E-state index is -0.913. The van der Waals surface area contributed by atoms with Crippen LogP contribution in [0.15, 0.2) is 42.5 Å². The van der Waals surface area contributed by atoms with Gasteiger partial charge in [-0.05, 0) is 47.9 Å². The molecule has 0 bridgehead atoms. The number of nitrogens with one attached hydrogen (secondary N) is 1. The minimum Gasteiger partial charge on any atom is -0.508 e. The molecule has 4 heteroatoms. The second-order valence-corrected chi connectivity index (χ2v) is 4.72. The lowest BCUT2D eigenvalue weighted by Gasteiger charge is -2.08. The molecule has 0 aliphatic heterocycles. The van der Waals surface area contributed by atoms with Gasteiger partial charge in [-0.15, -0.1) is 0 Å². The van der Waals surface area contributed by atoms with Crippen LogP contribution < -0.4 is 5.32 Å². The standard InChI is InChI=1S/C16H17NO3/c1-11-8-15(18)7-6-14(11)10-17-9-12-2-4-13(5-3-12)16(19)20/h2-8,17-18H,9-10H2,1H3,(H,19,20). The molecule has 2 aromatic rings. The Bertz CT molecular complexity index is 606. The maximum atomic E-state index is 10.7. The fourth-order valence-electron chi connectivity index (χ4n) is 1.99. The Morgan fingerprint density at radius 1 is 1.10 bits per heavy atom. The average molecular weight is 271 g/mol. The maximum Gasteiger partial charge on any atom is 0.335 e. The van der Waals surface area contributed by atoms with Gasteiger partial charge in [-0.3, -0.25) is 0 Å². The van der Waals surface area contributed by atoms with E-state index < -0.39 is 5.97 Å². The third-order valence-corrected chi connectivity index (χ3v) is 3.17. The van der Waals surface area contributed by atoms with Crippen molar-refractivity contribution >= 4 is 5.97 Å². The summed E-state index contributed by atoms with van der Waals surface area (Å²) in [7, 11) is 0. The van der Waals surface area contributed by atoms with Crippen molar-refractivity contribution in [2.24, 2.45) is 0 Å². The molecule has 3 N–H and O–H groups in total. The molecule has 20 heavy (non-hydrogen) atoms. The summed E-state index contributed by atoms with van der Waals surface area (Å²) in [6.07, 6.45) is 0. The molecule has 2 aromatic carbocycles. The summed E-state index contributed by atoms with van der Waals surface area (Å²) in [5.41, 5.74) is 3.50. The first-order valence-electron chi connectivity index (χ1n) is 6.37. The third kappa shape index (κ3) is 3.59. The van der Waals surface area contributed by atoms with Crippen LogP contribution in [0, 0.1) is 6.92 Å². The van der Waals surface area contributed by atoms with Gasteiger partial charge in [-0.2, -0.15) is 0 Å². The number of phenolic OH excluding ortho intramolecular Hbond substituents is 1. The summed E-state index contributed by atoms with van der Waals surface area (Å²) >= 11 is 0. The normalized spacial score (nSPS) is 10.4. The molecule has 0 heterocycles. The highest BCUT2D eigenvalue weighted by Crippen LogP contribution is 2.15. The summed E-state index contributed by atoms with van der Waals surface area (Å²) in [6.45, 7) is 3.32. The number of rotatable bonds is 5. The first kappa shape index (κ1) is 14.1. The van der Waals surface area contributed by atoms with Crippen molar-refractivity contribution in [3.8, 4) is 5.75 Å². The van der Waals surface area contributed by atoms with Crippen molar-refractivity contribution < 1.29 is 15.0 Å². The molecule has 0 saturated heterocycles. The van der Waals surface area contributed by atoms with Crippen LogP contribution in [0.5, 0.6) is 5.75 Å². The van der Waals surface area contributed by atoms with E-state index in [9.17, 15) is 9.90 Å². The minimum absolute atomic E-state index is 0.274. The molecule has 0 amide bonds. The number of aryl methyl sites for hydroxylation is 1. The van der Waals surface area contributed by atoms with Crippen LogP contribution in [-0.2, 0) is 13.1 Å². The quantitative estimate of drug-likeness (QED) is 0.782. The number of hydrogen-bond acceptors (Lipinski definition) is 3. The Labute approximate surface area is 117 Å². The lowest BCUT2D eigenvalue weighted by Crippen LogP contribution is -2.13. The van der Waals surface area contributed by atoms with Crippen molar-refractivity contribution in [1.82, 2.24) is 5.32 Å². The van der Waals surface area contributed by atoms with Gasteiger partial charge in [0.2, 0.25) is 0 Å². The van der Waals surface area contributed by atoms with Crippen LogP contribution in [0.1, 0.15) is 27.0 Å². The molecular weight excluding hydrogens is 254 g/mol. The van der Waals surface area contributed by atoms with Crippen LogP contribution in [0.2, 0.25) is 0 Å². The van der Waals surface area contributed by atoms with Gasteiger partial charge < -0.3 is 15.5 Å². The molecule has 0 aliphatic carbocycles. The number of aromatic hydroxyl groups is 1. The molecule has 0 aliphatic rings. The van der Waals surface area contributed by atoms with E-state index in [2.05, 4.69) is 5.32 Å². The Balaban J connectivity index is 1.91. The number of aromatic carboxylic acids is 1. The Morgan fingerprint density at radius 3 is 2.40 bits per heavy atom.